The first-order valence-corrected chi connectivity index (χ1v) is 15.4. The predicted octanol–water partition coefficient (Wildman–Crippen LogP) is 9.02. The summed E-state index contributed by atoms with van der Waals surface area (Å²) >= 11 is 7.18. The smallest absolute Gasteiger partial charge is 0.282 e. The van der Waals surface area contributed by atoms with Gasteiger partial charge in [0.15, 0.2) is 5.82 Å². The van der Waals surface area contributed by atoms with Crippen LogP contribution in [0.5, 0.6) is 11.5 Å². The average molecular weight is 707 g/mol. The summed E-state index contributed by atoms with van der Waals surface area (Å²) in [5.74, 6) is 1.77. The lowest BCUT2D eigenvalue weighted by molar-refractivity contribution is 0.302. The average Bonchev–Trinajstić information content (AvgIpc) is 2.97. The number of hydrogen-bond donors (Lipinski definition) is 0. The first kappa shape index (κ1) is 30.6. The lowest BCUT2D eigenvalue weighted by Crippen LogP contribution is -2.21. The van der Waals surface area contributed by atoms with Gasteiger partial charge in [0.25, 0.3) is 5.56 Å². The summed E-state index contributed by atoms with van der Waals surface area (Å²) in [5, 5.41) is 5.13. The Kier molecular flexibility index (Phi) is 9.42. The second kappa shape index (κ2) is 13.2. The van der Waals surface area contributed by atoms with Crippen LogP contribution in [0.2, 0.25) is 0 Å². The highest BCUT2D eigenvalue weighted by Gasteiger charge is 2.19. The molecule has 4 aromatic carbocycles. The number of ether oxygens (including phenoxy) is 2. The standard InChI is InChI=1S/C34H30Br2FN3O3/c1-5-42-31-14-21(4)27(17-26(31)20(2)3)33-39-30-9-7-6-8-25(30)34(41)40(33)38-18-23-15-28(35)32(29(36)16-23)43-19-22-10-12-24(37)13-11-22/h6-18,20H,5,19H2,1-4H3. The van der Waals surface area contributed by atoms with Crippen molar-refractivity contribution in [1.82, 2.24) is 9.66 Å². The number of benzene rings is 4. The van der Waals surface area contributed by atoms with Crippen LogP contribution in [0.25, 0.3) is 22.3 Å². The van der Waals surface area contributed by atoms with Crippen LogP contribution < -0.4 is 15.0 Å². The molecular formula is C34H30Br2FN3O3. The first-order valence-electron chi connectivity index (χ1n) is 13.9. The second-order valence-electron chi connectivity index (χ2n) is 10.3. The molecule has 0 N–H and O–H groups in total. The summed E-state index contributed by atoms with van der Waals surface area (Å²) in [6.45, 7) is 8.99. The highest BCUT2D eigenvalue weighted by molar-refractivity contribution is 9.11. The van der Waals surface area contributed by atoms with E-state index >= 15 is 0 Å². The molecule has 0 aliphatic heterocycles. The van der Waals surface area contributed by atoms with Gasteiger partial charge in [0.1, 0.15) is 23.9 Å². The van der Waals surface area contributed by atoms with E-state index in [-0.39, 0.29) is 23.9 Å². The van der Waals surface area contributed by atoms with E-state index in [1.165, 1.54) is 16.8 Å². The number of nitrogens with zero attached hydrogens (tertiary/aromatic N) is 3. The lowest BCUT2D eigenvalue weighted by atomic mass is 9.96. The van der Waals surface area contributed by atoms with E-state index in [9.17, 15) is 9.18 Å². The summed E-state index contributed by atoms with van der Waals surface area (Å²) in [5.41, 5.74) is 4.66. The summed E-state index contributed by atoms with van der Waals surface area (Å²) in [4.78, 5) is 18.7. The van der Waals surface area contributed by atoms with Crippen molar-refractivity contribution in [3.8, 4) is 22.9 Å². The number of hydrogen-bond acceptors (Lipinski definition) is 5. The molecule has 1 aromatic heterocycles. The van der Waals surface area contributed by atoms with Gasteiger partial charge in [0, 0.05) is 5.56 Å². The molecule has 0 atom stereocenters. The van der Waals surface area contributed by atoms with Gasteiger partial charge in [-0.05, 0) is 122 Å². The first-order chi connectivity index (χ1) is 20.7. The molecule has 0 saturated heterocycles. The van der Waals surface area contributed by atoms with Crippen LogP contribution in [0, 0.1) is 12.7 Å². The third kappa shape index (κ3) is 6.73. The highest BCUT2D eigenvalue weighted by atomic mass is 79.9. The fraction of sp³-hybridized carbons (Fsp3) is 0.206. The Morgan fingerprint density at radius 1 is 1.00 bits per heavy atom. The zero-order chi connectivity index (χ0) is 30.7. The summed E-state index contributed by atoms with van der Waals surface area (Å²) in [6, 6.07) is 21.2. The van der Waals surface area contributed by atoms with Crippen molar-refractivity contribution in [1.29, 1.82) is 0 Å². The van der Waals surface area contributed by atoms with Crippen LogP contribution >= 0.6 is 31.9 Å². The van der Waals surface area contributed by atoms with Gasteiger partial charge in [0.05, 0.1) is 32.7 Å². The van der Waals surface area contributed by atoms with Crippen molar-refractivity contribution in [3.63, 3.8) is 0 Å². The Hall–Kier alpha value is -3.82. The summed E-state index contributed by atoms with van der Waals surface area (Å²) < 4.78 is 27.9. The maximum atomic E-state index is 13.8. The zero-order valence-corrected chi connectivity index (χ0v) is 27.4. The number of aryl methyl sites for hydroxylation is 1. The molecule has 0 aliphatic carbocycles. The van der Waals surface area contributed by atoms with Gasteiger partial charge in [-0.3, -0.25) is 4.79 Å². The van der Waals surface area contributed by atoms with Crippen LogP contribution in [-0.2, 0) is 6.61 Å². The Balaban J connectivity index is 1.56. The molecule has 5 aromatic rings. The van der Waals surface area contributed by atoms with Crippen molar-refractivity contribution >= 4 is 49.0 Å². The molecule has 0 fully saturated rings. The normalized spacial score (nSPS) is 11.5. The Bertz CT molecular complexity index is 1860. The van der Waals surface area contributed by atoms with Crippen molar-refractivity contribution in [3.05, 3.63) is 120 Å². The molecule has 43 heavy (non-hydrogen) atoms. The maximum Gasteiger partial charge on any atom is 0.282 e. The molecule has 0 saturated carbocycles. The highest BCUT2D eigenvalue weighted by Crippen LogP contribution is 2.36. The number of halogens is 3. The molecule has 1 heterocycles. The molecule has 0 bridgehead atoms. The summed E-state index contributed by atoms with van der Waals surface area (Å²) in [6.07, 6.45) is 1.62. The molecule has 9 heteroatoms. The molecular weight excluding hydrogens is 677 g/mol. The molecule has 5 rings (SSSR count). The van der Waals surface area contributed by atoms with Crippen molar-refractivity contribution in [2.24, 2.45) is 5.10 Å². The van der Waals surface area contributed by atoms with Crippen LogP contribution in [0.15, 0.2) is 91.6 Å². The van der Waals surface area contributed by atoms with Gasteiger partial charge in [-0.25, -0.2) is 9.37 Å². The lowest BCUT2D eigenvalue weighted by Gasteiger charge is -2.18. The van der Waals surface area contributed by atoms with Gasteiger partial charge < -0.3 is 9.47 Å². The Morgan fingerprint density at radius 3 is 2.37 bits per heavy atom. The quantitative estimate of drug-likeness (QED) is 0.144. The number of para-hydroxylation sites is 1. The van der Waals surface area contributed by atoms with Gasteiger partial charge in [0.2, 0.25) is 0 Å². The van der Waals surface area contributed by atoms with E-state index < -0.39 is 0 Å². The molecule has 0 amide bonds. The maximum absolute atomic E-state index is 13.8. The van der Waals surface area contributed by atoms with E-state index in [2.05, 4.69) is 50.8 Å². The minimum Gasteiger partial charge on any atom is -0.494 e. The van der Waals surface area contributed by atoms with E-state index in [0.717, 1.165) is 33.6 Å². The SMILES string of the molecule is CCOc1cc(C)c(-c2nc3ccccc3c(=O)n2N=Cc2cc(Br)c(OCc3ccc(F)cc3)c(Br)c2)cc1C(C)C. The molecule has 0 radical (unpaired) electrons. The van der Waals surface area contributed by atoms with Gasteiger partial charge in [-0.1, -0.05) is 38.1 Å². The van der Waals surface area contributed by atoms with Gasteiger partial charge in [-0.15, -0.1) is 0 Å². The molecule has 6 nitrogen and oxygen atoms in total. The Labute approximate surface area is 266 Å². The third-order valence-corrected chi connectivity index (χ3v) is 8.09. The minimum atomic E-state index is -0.295. The van der Waals surface area contributed by atoms with Crippen LogP contribution in [0.1, 0.15) is 48.9 Å². The molecule has 0 spiro atoms. The molecule has 0 aliphatic rings. The number of rotatable bonds is 9. The van der Waals surface area contributed by atoms with Crippen molar-refractivity contribution in [2.75, 3.05) is 6.61 Å². The molecule has 0 unspecified atom stereocenters. The Morgan fingerprint density at radius 2 is 1.70 bits per heavy atom. The largest absolute Gasteiger partial charge is 0.494 e. The second-order valence-corrected chi connectivity index (χ2v) is 12.0. The minimum absolute atomic E-state index is 0.198. The van der Waals surface area contributed by atoms with Crippen LogP contribution in [-0.4, -0.2) is 22.5 Å². The molecule has 220 valence electrons. The van der Waals surface area contributed by atoms with Crippen LogP contribution in [0.4, 0.5) is 4.39 Å². The zero-order valence-electron chi connectivity index (χ0n) is 24.2. The van der Waals surface area contributed by atoms with Crippen LogP contribution in [0.3, 0.4) is 0 Å². The van der Waals surface area contributed by atoms with E-state index in [1.807, 2.05) is 56.3 Å². The predicted molar refractivity (Wildman–Crippen MR) is 177 cm³/mol. The monoisotopic (exact) mass is 705 g/mol. The van der Waals surface area contributed by atoms with E-state index in [0.29, 0.717) is 38.0 Å². The van der Waals surface area contributed by atoms with Gasteiger partial charge >= 0.3 is 0 Å². The van der Waals surface area contributed by atoms with E-state index in [1.54, 1.807) is 24.4 Å². The summed E-state index contributed by atoms with van der Waals surface area (Å²) in [7, 11) is 0. The van der Waals surface area contributed by atoms with Crippen molar-refractivity contribution < 1.29 is 13.9 Å². The third-order valence-electron chi connectivity index (χ3n) is 6.91. The van der Waals surface area contributed by atoms with Gasteiger partial charge in [-0.2, -0.15) is 9.78 Å². The van der Waals surface area contributed by atoms with Crippen molar-refractivity contribution in [2.45, 2.75) is 40.2 Å². The fourth-order valence-corrected chi connectivity index (χ4v) is 6.18. The number of aromatic nitrogens is 2. The fourth-order valence-electron chi connectivity index (χ4n) is 4.73. The number of fused-ring (bicyclic) bond motifs is 1. The van der Waals surface area contributed by atoms with E-state index in [4.69, 9.17) is 14.5 Å². The topological polar surface area (TPSA) is 65.7 Å².